The van der Waals surface area contributed by atoms with Gasteiger partial charge in [0.15, 0.2) is 0 Å². The van der Waals surface area contributed by atoms with Crippen LogP contribution in [0.4, 0.5) is 18.9 Å². The topological polar surface area (TPSA) is 86.8 Å². The minimum atomic E-state index is -4.77. The Morgan fingerprint density at radius 3 is 2.02 bits per heavy atom. The van der Waals surface area contributed by atoms with Gasteiger partial charge in [-0.1, -0.05) is 78.3 Å². The summed E-state index contributed by atoms with van der Waals surface area (Å²) in [5.41, 5.74) is -0.0941. The van der Waals surface area contributed by atoms with Crippen LogP contribution < -0.4 is 9.62 Å². The van der Waals surface area contributed by atoms with Crippen LogP contribution in [0.1, 0.15) is 30.5 Å². The SMILES string of the molecule is CC(C)NC(=O)[C@H](Cc1ccccc1)N(Cc1ccc(Cl)cc1)C(=O)CN(c1cccc(C(F)(F)F)c1)S(=O)(=O)c1ccccc1. The van der Waals surface area contributed by atoms with Crippen LogP contribution in [-0.4, -0.2) is 43.8 Å². The number of carbonyl (C=O) groups is 2. The Labute approximate surface area is 271 Å². The van der Waals surface area contributed by atoms with Gasteiger partial charge in [-0.3, -0.25) is 13.9 Å². The zero-order valence-corrected chi connectivity index (χ0v) is 26.7. The molecule has 242 valence electrons. The van der Waals surface area contributed by atoms with Crippen LogP contribution in [0, 0.1) is 0 Å². The van der Waals surface area contributed by atoms with E-state index in [-0.39, 0.29) is 29.6 Å². The standard InChI is InChI=1S/C34H33ClF3N3O4S/c1-24(2)39-33(43)31(20-25-10-5-3-6-11-25)40(22-26-16-18-28(35)19-17-26)32(42)23-41(46(44,45)30-14-7-4-8-15-30)29-13-9-12-27(21-29)34(36,37)38/h3-19,21,24,31H,20,22-23H2,1-2H3,(H,39,43)/t31-/m0/s1. The fourth-order valence-electron chi connectivity index (χ4n) is 4.81. The Morgan fingerprint density at radius 1 is 0.826 bits per heavy atom. The van der Waals surface area contributed by atoms with Crippen molar-refractivity contribution in [3.8, 4) is 0 Å². The summed E-state index contributed by atoms with van der Waals surface area (Å²) in [6.45, 7) is 2.54. The van der Waals surface area contributed by atoms with E-state index >= 15 is 0 Å². The summed E-state index contributed by atoms with van der Waals surface area (Å²) in [5.74, 6) is -1.27. The number of nitrogens with one attached hydrogen (secondary N) is 1. The summed E-state index contributed by atoms with van der Waals surface area (Å²) >= 11 is 6.08. The van der Waals surface area contributed by atoms with E-state index in [1.807, 2.05) is 6.07 Å². The van der Waals surface area contributed by atoms with E-state index in [0.29, 0.717) is 21.0 Å². The Balaban J connectivity index is 1.83. The van der Waals surface area contributed by atoms with E-state index in [9.17, 15) is 31.2 Å². The van der Waals surface area contributed by atoms with Gasteiger partial charge in [0.2, 0.25) is 11.8 Å². The first-order valence-electron chi connectivity index (χ1n) is 14.4. The smallest absolute Gasteiger partial charge is 0.352 e. The number of anilines is 1. The Hall–Kier alpha value is -4.35. The fraction of sp³-hybridized carbons (Fsp3) is 0.235. The van der Waals surface area contributed by atoms with Crippen LogP contribution in [0.3, 0.4) is 0 Å². The van der Waals surface area contributed by atoms with Gasteiger partial charge < -0.3 is 10.2 Å². The summed E-state index contributed by atoms with van der Waals surface area (Å²) in [5, 5.41) is 3.30. The van der Waals surface area contributed by atoms with Crippen molar-refractivity contribution in [3.05, 3.63) is 131 Å². The van der Waals surface area contributed by atoms with Crippen molar-refractivity contribution in [2.24, 2.45) is 0 Å². The molecule has 0 heterocycles. The first-order valence-corrected chi connectivity index (χ1v) is 16.2. The van der Waals surface area contributed by atoms with Gasteiger partial charge in [0, 0.05) is 24.0 Å². The van der Waals surface area contributed by atoms with Crippen LogP contribution in [0.15, 0.2) is 114 Å². The minimum absolute atomic E-state index is 0.0910. The van der Waals surface area contributed by atoms with E-state index in [2.05, 4.69) is 5.32 Å². The molecular weight excluding hydrogens is 639 g/mol. The van der Waals surface area contributed by atoms with Gasteiger partial charge in [-0.25, -0.2) is 8.42 Å². The lowest BCUT2D eigenvalue weighted by atomic mass is 10.0. The maximum atomic E-state index is 14.4. The molecule has 0 unspecified atom stereocenters. The second kappa shape index (κ2) is 14.8. The number of nitrogens with zero attached hydrogens (tertiary/aromatic N) is 2. The van der Waals surface area contributed by atoms with Crippen molar-refractivity contribution < 1.29 is 31.2 Å². The zero-order chi connectivity index (χ0) is 33.5. The van der Waals surface area contributed by atoms with Crippen LogP contribution >= 0.6 is 11.6 Å². The first kappa shape index (κ1) is 34.5. The lowest BCUT2D eigenvalue weighted by Crippen LogP contribution is -2.54. The number of amides is 2. The molecule has 0 aliphatic carbocycles. The highest BCUT2D eigenvalue weighted by atomic mass is 35.5. The highest BCUT2D eigenvalue weighted by Gasteiger charge is 2.36. The normalized spacial score (nSPS) is 12.4. The van der Waals surface area contributed by atoms with Gasteiger partial charge in [0.1, 0.15) is 12.6 Å². The molecule has 0 spiro atoms. The number of sulfonamides is 1. The summed E-state index contributed by atoms with van der Waals surface area (Å²) in [6, 6.07) is 25.1. The molecule has 4 rings (SSSR count). The number of carbonyl (C=O) groups excluding carboxylic acids is 2. The van der Waals surface area contributed by atoms with Gasteiger partial charge >= 0.3 is 6.18 Å². The molecule has 1 N–H and O–H groups in total. The number of benzene rings is 4. The quantitative estimate of drug-likeness (QED) is 0.181. The molecule has 0 radical (unpaired) electrons. The molecule has 0 aromatic heterocycles. The second-order valence-corrected chi connectivity index (χ2v) is 13.2. The fourth-order valence-corrected chi connectivity index (χ4v) is 6.36. The van der Waals surface area contributed by atoms with Gasteiger partial charge in [-0.15, -0.1) is 0 Å². The summed E-state index contributed by atoms with van der Waals surface area (Å²) in [6.07, 6.45) is -4.67. The third-order valence-corrected chi connectivity index (χ3v) is 9.08. The number of hydrogen-bond acceptors (Lipinski definition) is 4. The predicted molar refractivity (Wildman–Crippen MR) is 172 cm³/mol. The van der Waals surface area contributed by atoms with Gasteiger partial charge in [-0.05, 0) is 67.4 Å². The number of alkyl halides is 3. The Kier molecular flexibility index (Phi) is 11.1. The molecule has 4 aromatic rings. The molecule has 0 aliphatic rings. The lowest BCUT2D eigenvalue weighted by Gasteiger charge is -2.34. The van der Waals surface area contributed by atoms with Crippen LogP contribution in [0.2, 0.25) is 5.02 Å². The lowest BCUT2D eigenvalue weighted by molar-refractivity contribution is -0.140. The third-order valence-electron chi connectivity index (χ3n) is 7.04. The molecule has 0 saturated heterocycles. The summed E-state index contributed by atoms with van der Waals surface area (Å²) in [4.78, 5) is 29.1. The van der Waals surface area contributed by atoms with Crippen LogP contribution in [0.25, 0.3) is 0 Å². The van der Waals surface area contributed by atoms with E-state index < -0.39 is 46.2 Å². The molecule has 1 atom stereocenters. The van der Waals surface area contributed by atoms with Crippen molar-refractivity contribution in [2.45, 2.75) is 50.0 Å². The largest absolute Gasteiger partial charge is 0.416 e. The molecule has 46 heavy (non-hydrogen) atoms. The van der Waals surface area contributed by atoms with Gasteiger partial charge in [0.25, 0.3) is 10.0 Å². The molecule has 2 amide bonds. The van der Waals surface area contributed by atoms with Crippen molar-refractivity contribution in [1.82, 2.24) is 10.2 Å². The van der Waals surface area contributed by atoms with Crippen LogP contribution in [0.5, 0.6) is 0 Å². The predicted octanol–water partition coefficient (Wildman–Crippen LogP) is 6.72. The third kappa shape index (κ3) is 8.88. The van der Waals surface area contributed by atoms with E-state index in [4.69, 9.17) is 11.6 Å². The Morgan fingerprint density at radius 2 is 1.43 bits per heavy atom. The molecule has 0 bridgehead atoms. The number of halogens is 4. The Bertz CT molecular complexity index is 1740. The van der Waals surface area contributed by atoms with E-state index in [0.717, 1.165) is 17.7 Å². The average Bonchev–Trinajstić information content (AvgIpc) is 3.02. The molecule has 4 aromatic carbocycles. The molecule has 0 saturated carbocycles. The van der Waals surface area contributed by atoms with Crippen molar-refractivity contribution in [1.29, 1.82) is 0 Å². The number of rotatable bonds is 12. The van der Waals surface area contributed by atoms with E-state index in [1.165, 1.54) is 35.2 Å². The number of hydrogen-bond donors (Lipinski definition) is 1. The average molecular weight is 672 g/mol. The first-order chi connectivity index (χ1) is 21.8. The second-order valence-electron chi connectivity index (χ2n) is 10.9. The molecule has 0 fully saturated rings. The maximum Gasteiger partial charge on any atom is 0.416 e. The van der Waals surface area contributed by atoms with Gasteiger partial charge in [-0.2, -0.15) is 13.2 Å². The van der Waals surface area contributed by atoms with Crippen molar-refractivity contribution in [3.63, 3.8) is 0 Å². The van der Waals surface area contributed by atoms with E-state index in [1.54, 1.807) is 68.4 Å². The molecular formula is C34H33ClF3N3O4S. The maximum absolute atomic E-state index is 14.4. The molecule has 12 heteroatoms. The molecule has 0 aliphatic heterocycles. The summed E-state index contributed by atoms with van der Waals surface area (Å²) < 4.78 is 69.7. The van der Waals surface area contributed by atoms with Crippen molar-refractivity contribution >= 4 is 39.1 Å². The zero-order valence-electron chi connectivity index (χ0n) is 25.1. The van der Waals surface area contributed by atoms with Crippen molar-refractivity contribution in [2.75, 3.05) is 10.8 Å². The highest BCUT2D eigenvalue weighted by Crippen LogP contribution is 2.33. The van der Waals surface area contributed by atoms with Crippen LogP contribution in [-0.2, 0) is 38.8 Å². The minimum Gasteiger partial charge on any atom is -0.352 e. The molecule has 7 nitrogen and oxygen atoms in total. The highest BCUT2D eigenvalue weighted by molar-refractivity contribution is 7.92. The summed E-state index contributed by atoms with van der Waals surface area (Å²) in [7, 11) is -4.55. The van der Waals surface area contributed by atoms with Gasteiger partial charge in [0.05, 0.1) is 16.1 Å². The monoisotopic (exact) mass is 671 g/mol.